The fourth-order valence-corrected chi connectivity index (χ4v) is 2.10. The van der Waals surface area contributed by atoms with E-state index < -0.39 is 40.9 Å². The fourth-order valence-electron chi connectivity index (χ4n) is 1.59. The van der Waals surface area contributed by atoms with Crippen molar-refractivity contribution >= 4 is 15.9 Å². The molecule has 4 N–H and O–H groups in total. The van der Waals surface area contributed by atoms with E-state index in [0.29, 0.717) is 0 Å². The molecule has 0 heterocycles. The molecule has 0 radical (unpaired) electrons. The van der Waals surface area contributed by atoms with Gasteiger partial charge in [0.15, 0.2) is 6.17 Å². The van der Waals surface area contributed by atoms with Crippen LogP contribution in [0.4, 0.5) is 8.78 Å². The number of nitrogens with two attached hydrogens (primary N) is 1. The van der Waals surface area contributed by atoms with Crippen LogP contribution in [0.2, 0.25) is 0 Å². The average Bonchev–Trinajstić information content (AvgIpc) is 2.42. The Labute approximate surface area is 121 Å². The molecule has 1 amide bonds. The summed E-state index contributed by atoms with van der Waals surface area (Å²) in [7, 11) is -3.88. The quantitative estimate of drug-likeness (QED) is 0.694. The van der Waals surface area contributed by atoms with Gasteiger partial charge in [-0.2, -0.15) is 0 Å². The molecule has 1 aromatic rings. The van der Waals surface area contributed by atoms with Gasteiger partial charge >= 0.3 is 0 Å². The lowest BCUT2D eigenvalue weighted by molar-refractivity contribution is -0.127. The molecular weight excluding hydrogens is 306 g/mol. The van der Waals surface area contributed by atoms with Crippen LogP contribution in [0.1, 0.15) is 18.6 Å². The number of carbonyl (C=O) groups is 1. The van der Waals surface area contributed by atoms with E-state index in [9.17, 15) is 27.1 Å². The molecule has 9 heteroatoms. The molecular formula is C12H16F2N2O4S. The van der Waals surface area contributed by atoms with E-state index in [1.54, 1.807) is 0 Å². The Morgan fingerprint density at radius 1 is 1.38 bits per heavy atom. The third kappa shape index (κ3) is 4.73. The molecule has 3 atom stereocenters. The minimum absolute atomic E-state index is 0.164. The third-order valence-corrected chi connectivity index (χ3v) is 3.72. The van der Waals surface area contributed by atoms with Gasteiger partial charge in [0.05, 0.1) is 10.9 Å². The van der Waals surface area contributed by atoms with E-state index in [4.69, 9.17) is 5.14 Å². The highest BCUT2D eigenvalue weighted by atomic mass is 32.2. The van der Waals surface area contributed by atoms with Crippen molar-refractivity contribution in [1.29, 1.82) is 0 Å². The Morgan fingerprint density at radius 3 is 2.29 bits per heavy atom. The number of carbonyl (C=O) groups excluding carboxylic acids is 1. The molecule has 21 heavy (non-hydrogen) atoms. The molecule has 0 saturated heterocycles. The van der Waals surface area contributed by atoms with Crippen molar-refractivity contribution in [3.8, 4) is 0 Å². The Hall–Kier alpha value is -1.58. The summed E-state index contributed by atoms with van der Waals surface area (Å²) in [5, 5.41) is 16.9. The van der Waals surface area contributed by atoms with Gasteiger partial charge in [-0.15, -0.1) is 0 Å². The first-order chi connectivity index (χ1) is 9.66. The smallest absolute Gasteiger partial charge is 0.254 e. The normalized spacial score (nSPS) is 16.0. The lowest BCUT2D eigenvalue weighted by atomic mass is 10.0. The maximum Gasteiger partial charge on any atom is 0.254 e. The highest BCUT2D eigenvalue weighted by molar-refractivity contribution is 7.89. The first kappa shape index (κ1) is 17.5. The molecule has 0 aliphatic carbocycles. The second-order valence-corrected chi connectivity index (χ2v) is 6.01. The van der Waals surface area contributed by atoms with Gasteiger partial charge in [-0.05, 0) is 24.6 Å². The van der Waals surface area contributed by atoms with Gasteiger partial charge in [0.1, 0.15) is 12.8 Å². The number of halogens is 2. The minimum atomic E-state index is -3.88. The van der Waals surface area contributed by atoms with Gasteiger partial charge in [0.25, 0.3) is 5.91 Å². The van der Waals surface area contributed by atoms with Gasteiger partial charge in [-0.3, -0.25) is 4.79 Å². The van der Waals surface area contributed by atoms with Crippen molar-refractivity contribution in [3.05, 3.63) is 29.8 Å². The molecule has 0 saturated carbocycles. The van der Waals surface area contributed by atoms with E-state index in [2.05, 4.69) is 0 Å². The standard InChI is InChI=1S/C12H16F2N2O4S/c1-7(14)12(18)16-10(6-13)11(17)8-2-4-9(5-3-8)21(15,19)20/h2-5,7,10-11,17H,6H2,1H3,(H,16,18)(H2,15,19,20)/t7-,10+,11+/m0/s1. The minimum Gasteiger partial charge on any atom is -0.386 e. The zero-order valence-electron chi connectivity index (χ0n) is 11.2. The first-order valence-corrected chi connectivity index (χ1v) is 7.52. The molecule has 0 unspecified atom stereocenters. The molecule has 118 valence electrons. The predicted octanol–water partition coefficient (Wildman–Crippen LogP) is 0.180. The van der Waals surface area contributed by atoms with Crippen LogP contribution in [0.5, 0.6) is 0 Å². The van der Waals surface area contributed by atoms with Gasteiger partial charge in [-0.25, -0.2) is 22.3 Å². The number of hydrogen-bond donors (Lipinski definition) is 3. The highest BCUT2D eigenvalue weighted by Crippen LogP contribution is 2.19. The molecule has 1 aromatic carbocycles. The summed E-state index contributed by atoms with van der Waals surface area (Å²) in [5.74, 6) is -1.04. The number of benzene rings is 1. The van der Waals surface area contributed by atoms with Crippen molar-refractivity contribution < 1.29 is 27.1 Å². The van der Waals surface area contributed by atoms with Crippen LogP contribution < -0.4 is 10.5 Å². The van der Waals surface area contributed by atoms with Crippen LogP contribution in [-0.4, -0.2) is 38.3 Å². The topological polar surface area (TPSA) is 109 Å². The molecule has 0 spiro atoms. The van der Waals surface area contributed by atoms with Crippen molar-refractivity contribution in [2.45, 2.75) is 30.1 Å². The number of primary sulfonamides is 1. The number of aliphatic hydroxyl groups is 1. The Bertz CT molecular complexity index is 590. The van der Waals surface area contributed by atoms with Crippen molar-refractivity contribution in [3.63, 3.8) is 0 Å². The Balaban J connectivity index is 2.90. The van der Waals surface area contributed by atoms with Gasteiger partial charge < -0.3 is 10.4 Å². The van der Waals surface area contributed by atoms with Gasteiger partial charge in [0.2, 0.25) is 10.0 Å². The molecule has 0 fully saturated rings. The van der Waals surface area contributed by atoms with Crippen LogP contribution in [0.25, 0.3) is 0 Å². The zero-order valence-corrected chi connectivity index (χ0v) is 12.0. The maximum atomic E-state index is 12.9. The monoisotopic (exact) mass is 322 g/mol. The van der Waals surface area contributed by atoms with Crippen LogP contribution >= 0.6 is 0 Å². The number of alkyl halides is 2. The molecule has 0 aliphatic rings. The largest absolute Gasteiger partial charge is 0.386 e. The molecule has 0 aromatic heterocycles. The lowest BCUT2D eigenvalue weighted by Crippen LogP contribution is -2.43. The van der Waals surface area contributed by atoms with E-state index in [0.717, 1.165) is 19.1 Å². The summed E-state index contributed by atoms with van der Waals surface area (Å²) < 4.78 is 47.8. The second-order valence-electron chi connectivity index (χ2n) is 4.44. The van der Waals surface area contributed by atoms with Crippen molar-refractivity contribution in [1.82, 2.24) is 5.32 Å². The van der Waals surface area contributed by atoms with Gasteiger partial charge in [0, 0.05) is 0 Å². The number of sulfonamides is 1. The summed E-state index contributed by atoms with van der Waals surface area (Å²) >= 11 is 0. The summed E-state index contributed by atoms with van der Waals surface area (Å²) in [6.45, 7) is -0.130. The lowest BCUT2D eigenvalue weighted by Gasteiger charge is -2.22. The van der Waals surface area contributed by atoms with Crippen LogP contribution in [0.3, 0.4) is 0 Å². The van der Waals surface area contributed by atoms with E-state index in [-0.39, 0.29) is 10.5 Å². The summed E-state index contributed by atoms with van der Waals surface area (Å²) in [4.78, 5) is 11.0. The molecule has 0 bridgehead atoms. The predicted molar refractivity (Wildman–Crippen MR) is 71.3 cm³/mol. The second kappa shape index (κ2) is 6.92. The fraction of sp³-hybridized carbons (Fsp3) is 0.417. The average molecular weight is 322 g/mol. The number of aliphatic hydroxyl groups excluding tert-OH is 1. The van der Waals surface area contributed by atoms with Gasteiger partial charge in [-0.1, -0.05) is 12.1 Å². The van der Waals surface area contributed by atoms with E-state index in [1.165, 1.54) is 12.1 Å². The van der Waals surface area contributed by atoms with Crippen LogP contribution in [0, 0.1) is 0 Å². The number of rotatable bonds is 6. The molecule has 1 rings (SSSR count). The summed E-state index contributed by atoms with van der Waals surface area (Å²) in [6.07, 6.45) is -3.29. The van der Waals surface area contributed by atoms with E-state index in [1.807, 2.05) is 5.32 Å². The van der Waals surface area contributed by atoms with Crippen molar-refractivity contribution in [2.75, 3.05) is 6.67 Å². The first-order valence-electron chi connectivity index (χ1n) is 5.98. The molecule has 0 aliphatic heterocycles. The SMILES string of the molecule is C[C@H](F)C(=O)N[C@H](CF)[C@H](O)c1ccc(S(N)(=O)=O)cc1. The van der Waals surface area contributed by atoms with Crippen LogP contribution in [-0.2, 0) is 14.8 Å². The highest BCUT2D eigenvalue weighted by Gasteiger charge is 2.25. The Kier molecular flexibility index (Phi) is 5.76. The number of hydrogen-bond acceptors (Lipinski definition) is 4. The Morgan fingerprint density at radius 2 is 1.90 bits per heavy atom. The van der Waals surface area contributed by atoms with Crippen molar-refractivity contribution in [2.24, 2.45) is 5.14 Å². The zero-order chi connectivity index (χ0) is 16.2. The maximum absolute atomic E-state index is 12.9. The summed E-state index contributed by atoms with van der Waals surface area (Å²) in [6, 6.07) is 3.41. The third-order valence-electron chi connectivity index (χ3n) is 2.79. The molecule has 6 nitrogen and oxygen atoms in total. The van der Waals surface area contributed by atoms with E-state index >= 15 is 0 Å². The number of amides is 1. The number of nitrogens with one attached hydrogen (secondary N) is 1. The van der Waals surface area contributed by atoms with Crippen LogP contribution in [0.15, 0.2) is 29.2 Å². The summed E-state index contributed by atoms with van der Waals surface area (Å²) in [5.41, 5.74) is 0.164.